The predicted molar refractivity (Wildman–Crippen MR) is 113 cm³/mol. The van der Waals surface area contributed by atoms with Crippen LogP contribution in [0.1, 0.15) is 24.5 Å². The quantitative estimate of drug-likeness (QED) is 0.458. The van der Waals surface area contributed by atoms with Crippen molar-refractivity contribution in [3.05, 3.63) is 64.1 Å². The van der Waals surface area contributed by atoms with Crippen molar-refractivity contribution in [2.45, 2.75) is 26.7 Å². The van der Waals surface area contributed by atoms with E-state index < -0.39 is 0 Å². The maximum Gasteiger partial charge on any atom is 0.277 e. The molecule has 0 aliphatic heterocycles. The topological polar surface area (TPSA) is 79.8 Å². The molecule has 0 saturated heterocycles. The summed E-state index contributed by atoms with van der Waals surface area (Å²) in [7, 11) is 0. The zero-order chi connectivity index (χ0) is 20.4. The number of ether oxygens (including phenoxy) is 1. The third-order valence-corrected chi connectivity index (χ3v) is 4.76. The molecule has 28 heavy (non-hydrogen) atoms. The first-order valence-corrected chi connectivity index (χ1v) is 9.75. The number of hydrogen-bond acceptors (Lipinski definition) is 4. The monoisotopic (exact) mass is 445 g/mol. The van der Waals surface area contributed by atoms with Crippen molar-refractivity contribution in [3.8, 4) is 5.75 Å². The van der Waals surface area contributed by atoms with Crippen LogP contribution < -0.4 is 15.5 Å². The molecule has 2 amide bonds. The number of amides is 2. The van der Waals surface area contributed by atoms with E-state index in [-0.39, 0.29) is 24.8 Å². The molecule has 2 aromatic rings. The second-order valence-corrected chi connectivity index (χ2v) is 7.20. The van der Waals surface area contributed by atoms with E-state index in [1.807, 2.05) is 49.4 Å². The molecular formula is C21H24BrN3O3. The van der Waals surface area contributed by atoms with Crippen LogP contribution in [0, 0.1) is 6.92 Å². The number of hydrogen-bond donors (Lipinski definition) is 2. The molecule has 2 N–H and O–H groups in total. The lowest BCUT2D eigenvalue weighted by molar-refractivity contribution is -0.123. The Kier molecular flexibility index (Phi) is 8.68. The number of halogens is 1. The molecule has 0 aliphatic carbocycles. The Labute approximate surface area is 173 Å². The molecule has 0 aliphatic rings. The normalized spacial score (nSPS) is 11.0. The third-order valence-electron chi connectivity index (χ3n) is 3.87. The molecule has 2 aromatic carbocycles. The fraction of sp³-hybridized carbons (Fsp3) is 0.286. The van der Waals surface area contributed by atoms with E-state index in [2.05, 4.69) is 31.8 Å². The molecule has 6 nitrogen and oxygen atoms in total. The first-order chi connectivity index (χ1) is 13.4. The van der Waals surface area contributed by atoms with E-state index in [1.54, 1.807) is 13.0 Å². The highest BCUT2D eigenvalue weighted by atomic mass is 79.9. The lowest BCUT2D eigenvalue weighted by atomic mass is 10.1. The van der Waals surface area contributed by atoms with Gasteiger partial charge in [-0.05, 0) is 49.6 Å². The van der Waals surface area contributed by atoms with Crippen LogP contribution >= 0.6 is 15.9 Å². The first kappa shape index (κ1) is 21.6. The summed E-state index contributed by atoms with van der Waals surface area (Å²) in [6, 6.07) is 15.4. The Bertz CT molecular complexity index is 838. The first-order valence-electron chi connectivity index (χ1n) is 8.95. The zero-order valence-electron chi connectivity index (χ0n) is 16.0. The zero-order valence-corrected chi connectivity index (χ0v) is 17.6. The SMILES string of the molecule is C/C(CC(=O)NCCc1ccccc1)=N\NC(=O)COc1ccc(Br)c(C)c1. The van der Waals surface area contributed by atoms with Gasteiger partial charge in [0.25, 0.3) is 5.91 Å². The molecule has 0 radical (unpaired) electrons. The Morgan fingerprint density at radius 3 is 2.57 bits per heavy atom. The summed E-state index contributed by atoms with van der Waals surface area (Å²) in [6.45, 7) is 4.04. The highest BCUT2D eigenvalue weighted by molar-refractivity contribution is 9.10. The van der Waals surface area contributed by atoms with Crippen LogP contribution in [0.5, 0.6) is 5.75 Å². The number of hydrazone groups is 1. The lowest BCUT2D eigenvalue weighted by Gasteiger charge is -2.08. The summed E-state index contributed by atoms with van der Waals surface area (Å²) in [6.07, 6.45) is 0.897. The van der Waals surface area contributed by atoms with E-state index in [0.29, 0.717) is 18.0 Å². The van der Waals surface area contributed by atoms with Gasteiger partial charge >= 0.3 is 0 Å². The minimum absolute atomic E-state index is 0.127. The van der Waals surface area contributed by atoms with Gasteiger partial charge in [-0.2, -0.15) is 5.10 Å². The molecule has 148 valence electrons. The molecule has 0 saturated carbocycles. The van der Waals surface area contributed by atoms with Crippen LogP contribution in [-0.4, -0.2) is 30.7 Å². The summed E-state index contributed by atoms with van der Waals surface area (Å²) in [5.41, 5.74) is 5.11. The maximum absolute atomic E-state index is 11.9. The van der Waals surface area contributed by atoms with Gasteiger partial charge in [0.15, 0.2) is 6.61 Å². The average Bonchev–Trinajstić information content (AvgIpc) is 2.68. The molecule has 0 heterocycles. The molecule has 0 bridgehead atoms. The number of nitrogens with one attached hydrogen (secondary N) is 2. The summed E-state index contributed by atoms with van der Waals surface area (Å²) in [5, 5.41) is 6.79. The van der Waals surface area contributed by atoms with Crippen molar-refractivity contribution in [2.24, 2.45) is 5.10 Å². The molecule has 0 atom stereocenters. The molecule has 7 heteroatoms. The van der Waals surface area contributed by atoms with Crippen molar-refractivity contribution in [2.75, 3.05) is 13.2 Å². The van der Waals surface area contributed by atoms with Gasteiger partial charge in [0.05, 0.1) is 6.42 Å². The fourth-order valence-corrected chi connectivity index (χ4v) is 2.62. The Hall–Kier alpha value is -2.67. The van der Waals surface area contributed by atoms with Crippen LogP contribution in [0.2, 0.25) is 0 Å². The highest BCUT2D eigenvalue weighted by Gasteiger charge is 2.06. The minimum Gasteiger partial charge on any atom is -0.484 e. The van der Waals surface area contributed by atoms with Gasteiger partial charge in [0.2, 0.25) is 5.91 Å². The highest BCUT2D eigenvalue weighted by Crippen LogP contribution is 2.21. The second-order valence-electron chi connectivity index (χ2n) is 6.34. The standard InChI is InChI=1S/C21H24BrN3O3/c1-15-12-18(8-9-19(15)22)28-14-21(27)25-24-16(2)13-20(26)23-11-10-17-6-4-3-5-7-17/h3-9,12H,10-11,13-14H2,1-2H3,(H,23,26)(H,25,27)/b24-16+. The molecule has 0 aromatic heterocycles. The fourth-order valence-electron chi connectivity index (χ4n) is 2.37. The van der Waals surface area contributed by atoms with Crippen molar-refractivity contribution < 1.29 is 14.3 Å². The molecule has 2 rings (SSSR count). The Balaban J connectivity index is 1.66. The number of carbonyl (C=O) groups excluding carboxylic acids is 2. The number of aryl methyl sites for hydroxylation is 1. The third kappa shape index (κ3) is 7.92. The largest absolute Gasteiger partial charge is 0.484 e. The van der Waals surface area contributed by atoms with Gasteiger partial charge in [-0.25, -0.2) is 5.43 Å². The minimum atomic E-state index is -0.385. The summed E-state index contributed by atoms with van der Waals surface area (Å²) >= 11 is 3.41. The summed E-state index contributed by atoms with van der Waals surface area (Å²) in [5.74, 6) is 0.0896. The van der Waals surface area contributed by atoms with Gasteiger partial charge in [0.1, 0.15) is 5.75 Å². The predicted octanol–water partition coefficient (Wildman–Crippen LogP) is 3.38. The second kappa shape index (κ2) is 11.2. The van der Waals surface area contributed by atoms with Crippen LogP contribution in [-0.2, 0) is 16.0 Å². The Morgan fingerprint density at radius 2 is 1.86 bits per heavy atom. The van der Waals surface area contributed by atoms with E-state index in [9.17, 15) is 9.59 Å². The summed E-state index contributed by atoms with van der Waals surface area (Å²) < 4.78 is 6.41. The van der Waals surface area contributed by atoms with Crippen molar-refractivity contribution >= 4 is 33.5 Å². The number of nitrogens with zero attached hydrogens (tertiary/aromatic N) is 1. The van der Waals surface area contributed by atoms with Crippen LogP contribution in [0.15, 0.2) is 58.1 Å². The van der Waals surface area contributed by atoms with Gasteiger partial charge < -0.3 is 10.1 Å². The van der Waals surface area contributed by atoms with Crippen LogP contribution in [0.4, 0.5) is 0 Å². The number of rotatable bonds is 9. The average molecular weight is 446 g/mol. The van der Waals surface area contributed by atoms with Gasteiger partial charge in [-0.3, -0.25) is 9.59 Å². The molecule has 0 fully saturated rings. The van der Waals surface area contributed by atoms with Gasteiger partial charge in [0, 0.05) is 16.7 Å². The Morgan fingerprint density at radius 1 is 1.11 bits per heavy atom. The van der Waals surface area contributed by atoms with E-state index in [0.717, 1.165) is 16.5 Å². The summed E-state index contributed by atoms with van der Waals surface area (Å²) in [4.78, 5) is 23.8. The lowest BCUT2D eigenvalue weighted by Crippen LogP contribution is -2.29. The van der Waals surface area contributed by atoms with Crippen molar-refractivity contribution in [1.82, 2.24) is 10.7 Å². The maximum atomic E-state index is 11.9. The van der Waals surface area contributed by atoms with Gasteiger partial charge in [-0.15, -0.1) is 0 Å². The van der Waals surface area contributed by atoms with Gasteiger partial charge in [-0.1, -0.05) is 46.3 Å². The van der Waals surface area contributed by atoms with E-state index in [1.165, 1.54) is 5.56 Å². The number of carbonyl (C=O) groups is 2. The molecule has 0 spiro atoms. The van der Waals surface area contributed by atoms with Crippen molar-refractivity contribution in [3.63, 3.8) is 0 Å². The van der Waals surface area contributed by atoms with E-state index >= 15 is 0 Å². The van der Waals surface area contributed by atoms with Crippen LogP contribution in [0.3, 0.4) is 0 Å². The smallest absolute Gasteiger partial charge is 0.277 e. The van der Waals surface area contributed by atoms with Crippen LogP contribution in [0.25, 0.3) is 0 Å². The molecule has 0 unspecified atom stereocenters. The van der Waals surface area contributed by atoms with Crippen molar-refractivity contribution in [1.29, 1.82) is 0 Å². The molecular weight excluding hydrogens is 422 g/mol. The van der Waals surface area contributed by atoms with E-state index in [4.69, 9.17) is 4.74 Å². The number of benzene rings is 2.